The average molecular weight is 363 g/mol. The van der Waals surface area contributed by atoms with Crippen molar-refractivity contribution in [2.45, 2.75) is 38.6 Å². The van der Waals surface area contributed by atoms with Gasteiger partial charge >= 0.3 is 0 Å². The van der Waals surface area contributed by atoms with Crippen LogP contribution >= 0.6 is 12.4 Å². The Bertz CT molecular complexity index is 652. The highest BCUT2D eigenvalue weighted by atomic mass is 35.5. The number of benzene rings is 1. The topological polar surface area (TPSA) is 69.8 Å². The van der Waals surface area contributed by atoms with E-state index in [0.717, 1.165) is 43.0 Å². The first-order chi connectivity index (χ1) is 11.8. The fraction of sp³-hybridized carbons (Fsp3) is 0.474. The lowest BCUT2D eigenvalue weighted by molar-refractivity contribution is -0.122. The minimum Gasteiger partial charge on any atom is -0.346 e. The van der Waals surface area contributed by atoms with Gasteiger partial charge in [-0.2, -0.15) is 0 Å². The smallest absolute Gasteiger partial charge is 0.220 e. The molecular weight excluding hydrogens is 336 g/mol. The van der Waals surface area contributed by atoms with Crippen LogP contribution in [-0.2, 0) is 4.79 Å². The second-order valence-corrected chi connectivity index (χ2v) is 6.47. The Kier molecular flexibility index (Phi) is 7.47. The number of rotatable bonds is 7. The molecule has 1 aromatic carbocycles. The van der Waals surface area contributed by atoms with Crippen LogP contribution in [0.5, 0.6) is 0 Å². The summed E-state index contributed by atoms with van der Waals surface area (Å²) in [4.78, 5) is 20.1. The van der Waals surface area contributed by atoms with Gasteiger partial charge in [-0.1, -0.05) is 37.3 Å². The molecule has 3 N–H and O–H groups in total. The van der Waals surface area contributed by atoms with Crippen LogP contribution < -0.4 is 10.6 Å². The van der Waals surface area contributed by atoms with Gasteiger partial charge in [0.2, 0.25) is 5.91 Å². The van der Waals surface area contributed by atoms with E-state index in [-0.39, 0.29) is 24.4 Å². The Morgan fingerprint density at radius 1 is 1.36 bits per heavy atom. The average Bonchev–Trinajstić information content (AvgIpc) is 3.30. The van der Waals surface area contributed by atoms with Crippen molar-refractivity contribution in [3.8, 4) is 11.3 Å². The summed E-state index contributed by atoms with van der Waals surface area (Å²) in [6.07, 6.45) is 5.39. The highest BCUT2D eigenvalue weighted by Crippen LogP contribution is 2.21. The molecule has 2 heterocycles. The molecule has 1 amide bonds. The van der Waals surface area contributed by atoms with Crippen LogP contribution in [0, 0.1) is 5.92 Å². The number of nitrogens with one attached hydrogen (secondary N) is 3. The van der Waals surface area contributed by atoms with Crippen LogP contribution in [0.25, 0.3) is 11.3 Å². The first kappa shape index (κ1) is 19.5. The van der Waals surface area contributed by atoms with E-state index in [1.807, 2.05) is 36.5 Å². The molecule has 1 saturated heterocycles. The van der Waals surface area contributed by atoms with Crippen molar-refractivity contribution in [2.75, 3.05) is 13.1 Å². The zero-order chi connectivity index (χ0) is 16.8. The van der Waals surface area contributed by atoms with Gasteiger partial charge in [0.05, 0.1) is 17.9 Å². The van der Waals surface area contributed by atoms with E-state index in [4.69, 9.17) is 0 Å². The number of halogens is 1. The normalized spacial score (nSPS) is 17.7. The summed E-state index contributed by atoms with van der Waals surface area (Å²) >= 11 is 0. The molecule has 2 unspecified atom stereocenters. The number of H-pyrrole nitrogens is 1. The fourth-order valence-corrected chi connectivity index (χ4v) is 3.20. The Morgan fingerprint density at radius 3 is 2.84 bits per heavy atom. The van der Waals surface area contributed by atoms with Crippen LogP contribution in [0.4, 0.5) is 0 Å². The van der Waals surface area contributed by atoms with Gasteiger partial charge in [0.25, 0.3) is 0 Å². The van der Waals surface area contributed by atoms with E-state index in [9.17, 15) is 4.79 Å². The Balaban J connectivity index is 0.00000225. The van der Waals surface area contributed by atoms with E-state index in [2.05, 4.69) is 27.5 Å². The van der Waals surface area contributed by atoms with E-state index in [0.29, 0.717) is 12.3 Å². The van der Waals surface area contributed by atoms with Gasteiger partial charge in [0, 0.05) is 6.42 Å². The van der Waals surface area contributed by atoms with E-state index >= 15 is 0 Å². The molecule has 0 bridgehead atoms. The predicted octanol–water partition coefficient (Wildman–Crippen LogP) is 3.46. The van der Waals surface area contributed by atoms with Crippen molar-refractivity contribution in [3.05, 3.63) is 42.4 Å². The number of carbonyl (C=O) groups excluding carboxylic acids is 1. The molecule has 0 saturated carbocycles. The summed E-state index contributed by atoms with van der Waals surface area (Å²) < 4.78 is 0. The first-order valence-electron chi connectivity index (χ1n) is 8.86. The van der Waals surface area contributed by atoms with Crippen molar-refractivity contribution in [1.29, 1.82) is 0 Å². The van der Waals surface area contributed by atoms with Crippen LogP contribution in [-0.4, -0.2) is 29.0 Å². The Labute approximate surface area is 155 Å². The molecule has 1 fully saturated rings. The largest absolute Gasteiger partial charge is 0.346 e. The number of hydrogen-bond acceptors (Lipinski definition) is 3. The summed E-state index contributed by atoms with van der Waals surface area (Å²) in [5, 5.41) is 6.46. The predicted molar refractivity (Wildman–Crippen MR) is 103 cm³/mol. The zero-order valence-corrected chi connectivity index (χ0v) is 15.4. The summed E-state index contributed by atoms with van der Waals surface area (Å²) in [6.45, 7) is 4.19. The van der Waals surface area contributed by atoms with Gasteiger partial charge in [-0.05, 0) is 43.8 Å². The molecule has 0 spiro atoms. The van der Waals surface area contributed by atoms with Crippen molar-refractivity contribution < 1.29 is 4.79 Å². The number of amides is 1. The van der Waals surface area contributed by atoms with Gasteiger partial charge in [-0.25, -0.2) is 4.98 Å². The molecule has 1 aliphatic rings. The second-order valence-electron chi connectivity index (χ2n) is 6.47. The quantitative estimate of drug-likeness (QED) is 0.706. The maximum absolute atomic E-state index is 12.2. The lowest BCUT2D eigenvalue weighted by Crippen LogP contribution is -2.29. The van der Waals surface area contributed by atoms with E-state index in [1.165, 1.54) is 6.42 Å². The van der Waals surface area contributed by atoms with Gasteiger partial charge in [-0.15, -0.1) is 12.4 Å². The van der Waals surface area contributed by atoms with Crippen LogP contribution in [0.15, 0.2) is 36.5 Å². The molecule has 0 aliphatic carbocycles. The van der Waals surface area contributed by atoms with Crippen LogP contribution in [0.1, 0.15) is 44.5 Å². The molecule has 0 radical (unpaired) electrons. The molecular formula is C19H27ClN4O. The van der Waals surface area contributed by atoms with Crippen molar-refractivity contribution in [1.82, 2.24) is 20.6 Å². The van der Waals surface area contributed by atoms with Gasteiger partial charge < -0.3 is 15.6 Å². The highest BCUT2D eigenvalue weighted by Gasteiger charge is 2.19. The first-order valence-corrected chi connectivity index (χ1v) is 8.86. The van der Waals surface area contributed by atoms with Crippen molar-refractivity contribution >= 4 is 18.3 Å². The number of nitrogens with zero attached hydrogens (tertiary/aromatic N) is 1. The molecule has 25 heavy (non-hydrogen) atoms. The molecule has 1 aromatic heterocycles. The summed E-state index contributed by atoms with van der Waals surface area (Å²) in [5.41, 5.74) is 2.08. The van der Waals surface area contributed by atoms with E-state index in [1.54, 1.807) is 0 Å². The molecule has 2 aromatic rings. The molecule has 6 heteroatoms. The van der Waals surface area contributed by atoms with Crippen molar-refractivity contribution in [3.63, 3.8) is 0 Å². The number of aromatic nitrogens is 2. The summed E-state index contributed by atoms with van der Waals surface area (Å²) in [7, 11) is 0. The standard InChI is InChI=1S/C19H26N4O.ClH/c1-2-16(22-18(24)9-8-14-10-11-20-12-14)19-21-13-17(23-19)15-6-4-3-5-7-15;/h3-7,13-14,16,20H,2,8-12H2,1H3,(H,21,23)(H,22,24);1H. The van der Waals surface area contributed by atoms with Gasteiger partial charge in [0.15, 0.2) is 0 Å². The summed E-state index contributed by atoms with van der Waals surface area (Å²) in [5.74, 6) is 1.59. The van der Waals surface area contributed by atoms with Crippen molar-refractivity contribution in [2.24, 2.45) is 5.92 Å². The second kappa shape index (κ2) is 9.59. The zero-order valence-electron chi connectivity index (χ0n) is 14.6. The molecule has 2 atom stereocenters. The maximum atomic E-state index is 12.2. The lowest BCUT2D eigenvalue weighted by Gasteiger charge is -2.15. The SMILES string of the molecule is CCC(NC(=O)CCC1CCNC1)c1ncc(-c2ccccc2)[nH]1.Cl. The minimum absolute atomic E-state index is 0. The summed E-state index contributed by atoms with van der Waals surface area (Å²) in [6, 6.07) is 10.0. The molecule has 1 aliphatic heterocycles. The van der Waals surface area contributed by atoms with Gasteiger partial charge in [-0.3, -0.25) is 4.79 Å². The maximum Gasteiger partial charge on any atom is 0.220 e. The monoisotopic (exact) mass is 362 g/mol. The van der Waals surface area contributed by atoms with Crippen LogP contribution in [0.2, 0.25) is 0 Å². The number of imidazole rings is 1. The van der Waals surface area contributed by atoms with E-state index < -0.39 is 0 Å². The third-order valence-corrected chi connectivity index (χ3v) is 4.70. The third kappa shape index (κ3) is 5.31. The molecule has 3 rings (SSSR count). The molecule has 136 valence electrons. The number of hydrogen-bond donors (Lipinski definition) is 3. The lowest BCUT2D eigenvalue weighted by atomic mass is 10.0. The van der Waals surface area contributed by atoms with Gasteiger partial charge in [0.1, 0.15) is 5.82 Å². The Hall–Kier alpha value is -1.85. The number of carbonyl (C=O) groups is 1. The highest BCUT2D eigenvalue weighted by molar-refractivity contribution is 5.85. The van der Waals surface area contributed by atoms with Crippen LogP contribution in [0.3, 0.4) is 0 Å². The fourth-order valence-electron chi connectivity index (χ4n) is 3.20. The molecule has 5 nitrogen and oxygen atoms in total. The Morgan fingerprint density at radius 2 is 2.16 bits per heavy atom. The third-order valence-electron chi connectivity index (χ3n) is 4.70. The minimum atomic E-state index is -0.0586. The number of aromatic amines is 1.